The smallest absolute Gasteiger partial charge is 0.187 e. The van der Waals surface area contributed by atoms with Gasteiger partial charge in [0.2, 0.25) is 0 Å². The van der Waals surface area contributed by atoms with Crippen LogP contribution in [0.4, 0.5) is 0 Å². The predicted molar refractivity (Wildman–Crippen MR) is 98.3 cm³/mol. The monoisotopic (exact) mass is 350 g/mol. The maximum Gasteiger partial charge on any atom is 0.187 e. The average molecular weight is 351 g/mol. The van der Waals surface area contributed by atoms with Gasteiger partial charge in [-0.3, -0.25) is 9.80 Å². The van der Waals surface area contributed by atoms with Crippen molar-refractivity contribution in [3.05, 3.63) is 18.0 Å². The third kappa shape index (κ3) is 5.15. The molecule has 5 nitrogen and oxygen atoms in total. The molecule has 0 unspecified atom stereocenters. The first kappa shape index (κ1) is 18.1. The van der Waals surface area contributed by atoms with Crippen LogP contribution >= 0.6 is 11.8 Å². The highest BCUT2D eigenvalue weighted by Crippen LogP contribution is 2.21. The lowest BCUT2D eigenvalue weighted by Gasteiger charge is -2.40. The maximum absolute atomic E-state index is 5.48. The fourth-order valence-corrected chi connectivity index (χ4v) is 4.10. The Morgan fingerprint density at radius 3 is 2.46 bits per heavy atom. The quantitative estimate of drug-likeness (QED) is 0.580. The van der Waals surface area contributed by atoms with Gasteiger partial charge in [-0.1, -0.05) is 25.6 Å². The first-order valence-corrected chi connectivity index (χ1v) is 10.1. The summed E-state index contributed by atoms with van der Waals surface area (Å²) in [4.78, 5) is 14.2. The van der Waals surface area contributed by atoms with Gasteiger partial charge in [0, 0.05) is 75.2 Å². The second kappa shape index (κ2) is 9.13. The van der Waals surface area contributed by atoms with Crippen molar-refractivity contribution >= 4 is 11.8 Å². The van der Waals surface area contributed by atoms with Crippen LogP contribution in [0.25, 0.3) is 0 Å². The number of hydrogen-bond donors (Lipinski definition) is 0. The van der Waals surface area contributed by atoms with Crippen molar-refractivity contribution in [3.8, 4) is 0 Å². The lowest BCUT2D eigenvalue weighted by atomic mass is 10.1. The number of thioether (sulfide) groups is 1. The zero-order valence-electron chi connectivity index (χ0n) is 15.0. The van der Waals surface area contributed by atoms with Gasteiger partial charge in [0.15, 0.2) is 5.16 Å². The van der Waals surface area contributed by atoms with E-state index >= 15 is 0 Å². The van der Waals surface area contributed by atoms with Crippen LogP contribution in [0.1, 0.15) is 38.7 Å². The highest BCUT2D eigenvalue weighted by Gasteiger charge is 2.25. The summed E-state index contributed by atoms with van der Waals surface area (Å²) in [6, 6.07) is 0.737. The van der Waals surface area contributed by atoms with E-state index in [-0.39, 0.29) is 0 Å². The van der Waals surface area contributed by atoms with Crippen LogP contribution in [0, 0.1) is 0 Å². The number of piperazine rings is 1. The number of rotatable bonds is 6. The Kier molecular flexibility index (Phi) is 6.89. The van der Waals surface area contributed by atoms with Crippen molar-refractivity contribution in [1.82, 2.24) is 19.8 Å². The maximum atomic E-state index is 5.48. The molecule has 0 N–H and O–H groups in total. The molecule has 2 aliphatic heterocycles. The summed E-state index contributed by atoms with van der Waals surface area (Å²) in [5, 5.41) is 1.48. The Bertz CT molecular complexity index is 484. The van der Waals surface area contributed by atoms with Gasteiger partial charge in [-0.2, -0.15) is 0 Å². The second-order valence-corrected chi connectivity index (χ2v) is 8.27. The van der Waals surface area contributed by atoms with E-state index in [0.717, 1.165) is 50.5 Å². The van der Waals surface area contributed by atoms with Crippen molar-refractivity contribution < 1.29 is 4.74 Å². The highest BCUT2D eigenvalue weighted by atomic mass is 32.2. The minimum atomic E-state index is 0.578. The molecule has 2 saturated heterocycles. The standard InChI is InChI=1S/C18H30N4OS/c1-3-15(2)24-18-19-12-16(13-20-18)14-21-6-8-22(9-7-21)17-4-10-23-11-5-17/h12-13,15,17H,3-11,14H2,1-2H3/t15-/m0/s1. The molecular formula is C18H30N4OS. The van der Waals surface area contributed by atoms with Gasteiger partial charge in [0.05, 0.1) is 0 Å². The van der Waals surface area contributed by atoms with Gasteiger partial charge in [-0.15, -0.1) is 0 Å². The van der Waals surface area contributed by atoms with Gasteiger partial charge in [0.1, 0.15) is 0 Å². The average Bonchev–Trinajstić information content (AvgIpc) is 2.64. The van der Waals surface area contributed by atoms with Crippen molar-refractivity contribution in [3.63, 3.8) is 0 Å². The van der Waals surface area contributed by atoms with Crippen molar-refractivity contribution in [1.29, 1.82) is 0 Å². The summed E-state index contributed by atoms with van der Waals surface area (Å²) >= 11 is 1.76. The van der Waals surface area contributed by atoms with E-state index in [0.29, 0.717) is 5.25 Å². The zero-order chi connectivity index (χ0) is 16.8. The van der Waals surface area contributed by atoms with Crippen molar-refractivity contribution in [2.75, 3.05) is 39.4 Å². The van der Waals surface area contributed by atoms with Gasteiger partial charge in [-0.25, -0.2) is 9.97 Å². The Balaban J connectivity index is 1.44. The molecule has 0 aliphatic carbocycles. The number of nitrogens with zero attached hydrogens (tertiary/aromatic N) is 4. The molecule has 0 bridgehead atoms. The molecule has 24 heavy (non-hydrogen) atoms. The normalized spacial score (nSPS) is 22.6. The van der Waals surface area contributed by atoms with Gasteiger partial charge < -0.3 is 4.74 Å². The second-order valence-electron chi connectivity index (χ2n) is 6.87. The van der Waals surface area contributed by atoms with Crippen LogP contribution in [0.2, 0.25) is 0 Å². The van der Waals surface area contributed by atoms with Crippen molar-refractivity contribution in [2.24, 2.45) is 0 Å². The van der Waals surface area contributed by atoms with E-state index in [1.165, 1.54) is 31.5 Å². The molecule has 3 rings (SSSR count). The van der Waals surface area contributed by atoms with Gasteiger partial charge in [0.25, 0.3) is 0 Å². The van der Waals surface area contributed by atoms with E-state index in [1.54, 1.807) is 11.8 Å². The van der Waals surface area contributed by atoms with Gasteiger partial charge in [-0.05, 0) is 19.3 Å². The largest absolute Gasteiger partial charge is 0.381 e. The molecule has 1 atom stereocenters. The van der Waals surface area contributed by atoms with Crippen molar-refractivity contribution in [2.45, 2.75) is 56.1 Å². The molecule has 2 fully saturated rings. The van der Waals surface area contributed by atoms with E-state index < -0.39 is 0 Å². The Labute approximate surface area is 150 Å². The molecule has 1 aromatic heterocycles. The molecule has 6 heteroatoms. The Morgan fingerprint density at radius 1 is 1.17 bits per heavy atom. The van der Waals surface area contributed by atoms with Crippen LogP contribution < -0.4 is 0 Å². The topological polar surface area (TPSA) is 41.5 Å². The summed E-state index contributed by atoms with van der Waals surface area (Å²) in [5.74, 6) is 0. The van der Waals surface area contributed by atoms with Crippen LogP contribution in [0.5, 0.6) is 0 Å². The molecule has 1 aromatic rings. The first-order chi connectivity index (χ1) is 11.7. The van der Waals surface area contributed by atoms with Crippen LogP contribution in [-0.2, 0) is 11.3 Å². The molecule has 2 aliphatic rings. The minimum Gasteiger partial charge on any atom is -0.381 e. The third-order valence-corrected chi connectivity index (χ3v) is 6.24. The Hall–Kier alpha value is -0.690. The fourth-order valence-electron chi connectivity index (χ4n) is 3.34. The van der Waals surface area contributed by atoms with Crippen LogP contribution in [0.15, 0.2) is 17.6 Å². The molecule has 0 spiro atoms. The molecule has 134 valence electrons. The minimum absolute atomic E-state index is 0.578. The highest BCUT2D eigenvalue weighted by molar-refractivity contribution is 7.99. The lowest BCUT2D eigenvalue weighted by molar-refractivity contribution is 0.0126. The van der Waals surface area contributed by atoms with E-state index in [4.69, 9.17) is 4.74 Å². The van der Waals surface area contributed by atoms with E-state index in [2.05, 4.69) is 33.6 Å². The summed E-state index contributed by atoms with van der Waals surface area (Å²) in [5.41, 5.74) is 1.23. The fraction of sp³-hybridized carbons (Fsp3) is 0.778. The third-order valence-electron chi connectivity index (χ3n) is 5.08. The number of ether oxygens (including phenoxy) is 1. The number of aromatic nitrogens is 2. The lowest BCUT2D eigenvalue weighted by Crippen LogP contribution is -2.51. The summed E-state index contributed by atoms with van der Waals surface area (Å²) in [6.45, 7) is 11.9. The molecular weight excluding hydrogens is 320 g/mol. The molecule has 0 amide bonds. The first-order valence-electron chi connectivity index (χ1n) is 9.26. The Morgan fingerprint density at radius 2 is 1.83 bits per heavy atom. The number of hydrogen-bond acceptors (Lipinski definition) is 6. The predicted octanol–water partition coefficient (Wildman–Crippen LogP) is 2.66. The van der Waals surface area contributed by atoms with Crippen LogP contribution in [-0.4, -0.2) is 70.5 Å². The molecule has 0 radical (unpaired) electrons. The summed E-state index contributed by atoms with van der Waals surface area (Å²) in [6.07, 6.45) is 7.55. The van der Waals surface area contributed by atoms with Gasteiger partial charge >= 0.3 is 0 Å². The molecule has 0 saturated carbocycles. The SMILES string of the molecule is CC[C@H](C)Sc1ncc(CN2CCN(C3CCOCC3)CC2)cn1. The molecule has 3 heterocycles. The summed E-state index contributed by atoms with van der Waals surface area (Å²) in [7, 11) is 0. The van der Waals surface area contributed by atoms with Crippen LogP contribution in [0.3, 0.4) is 0 Å². The summed E-state index contributed by atoms with van der Waals surface area (Å²) < 4.78 is 5.48. The van der Waals surface area contributed by atoms with E-state index in [1.807, 2.05) is 12.4 Å². The van der Waals surface area contributed by atoms with E-state index in [9.17, 15) is 0 Å². The zero-order valence-corrected chi connectivity index (χ0v) is 15.8. The molecule has 0 aromatic carbocycles.